The largest absolute Gasteiger partial charge is 0.496 e. The molecule has 0 atom stereocenters. The number of rotatable bonds is 5. The molecule has 0 bridgehead atoms. The summed E-state index contributed by atoms with van der Waals surface area (Å²) in [5.74, 6) is -0.131. The van der Waals surface area contributed by atoms with Crippen molar-refractivity contribution < 1.29 is 17.9 Å². The van der Waals surface area contributed by atoms with Crippen LogP contribution in [-0.4, -0.2) is 34.7 Å². The molecule has 0 aliphatic carbocycles. The second-order valence-corrected chi connectivity index (χ2v) is 7.47. The number of benzene rings is 2. The molecule has 8 heteroatoms. The number of methoxy groups -OCH3 is 1. The zero-order chi connectivity index (χ0) is 17.9. The Bertz CT molecular complexity index is 868. The van der Waals surface area contributed by atoms with Gasteiger partial charge >= 0.3 is 0 Å². The summed E-state index contributed by atoms with van der Waals surface area (Å²) in [6.07, 6.45) is 1.08. The minimum atomic E-state index is -3.44. The molecular formula is C16H17ClN2O4S. The third-order valence-corrected chi connectivity index (χ3v) is 4.95. The van der Waals surface area contributed by atoms with Crippen molar-refractivity contribution in [3.8, 4) is 5.75 Å². The van der Waals surface area contributed by atoms with Crippen molar-refractivity contribution in [1.29, 1.82) is 0 Å². The van der Waals surface area contributed by atoms with Gasteiger partial charge < -0.3 is 10.1 Å². The van der Waals surface area contributed by atoms with Crippen LogP contribution in [0.4, 0.5) is 11.4 Å². The normalized spacial score (nSPS) is 11.0. The molecule has 6 nitrogen and oxygen atoms in total. The number of hydrogen-bond donors (Lipinski definition) is 1. The molecule has 24 heavy (non-hydrogen) atoms. The van der Waals surface area contributed by atoms with Gasteiger partial charge in [0.05, 0.1) is 35.3 Å². The van der Waals surface area contributed by atoms with Crippen LogP contribution in [0.25, 0.3) is 0 Å². The van der Waals surface area contributed by atoms with Gasteiger partial charge in [0, 0.05) is 7.05 Å². The minimum Gasteiger partial charge on any atom is -0.496 e. The van der Waals surface area contributed by atoms with E-state index in [1.165, 1.54) is 20.2 Å². The van der Waals surface area contributed by atoms with E-state index in [1.54, 1.807) is 36.4 Å². The lowest BCUT2D eigenvalue weighted by Crippen LogP contribution is -2.25. The fourth-order valence-electron chi connectivity index (χ4n) is 2.01. The van der Waals surface area contributed by atoms with E-state index in [1.807, 2.05) is 0 Å². The van der Waals surface area contributed by atoms with Crippen LogP contribution in [0.3, 0.4) is 0 Å². The van der Waals surface area contributed by atoms with Gasteiger partial charge in [-0.1, -0.05) is 23.7 Å². The second kappa shape index (κ2) is 7.11. The summed E-state index contributed by atoms with van der Waals surface area (Å²) >= 11 is 6.04. The summed E-state index contributed by atoms with van der Waals surface area (Å²) in [5.41, 5.74) is 1.00. The highest BCUT2D eigenvalue weighted by atomic mass is 35.5. The second-order valence-electron chi connectivity index (χ2n) is 5.05. The highest BCUT2D eigenvalue weighted by Gasteiger charge is 2.18. The van der Waals surface area contributed by atoms with E-state index in [9.17, 15) is 13.2 Å². The van der Waals surface area contributed by atoms with Gasteiger partial charge in [-0.15, -0.1) is 0 Å². The standard InChI is InChI=1S/C16H17ClN2O4S/c1-19(24(3,21)22)11-8-9-15(23-2)12(10-11)16(20)18-14-7-5-4-6-13(14)17/h4-10H,1-3H3,(H,18,20). The highest BCUT2D eigenvalue weighted by molar-refractivity contribution is 7.92. The fraction of sp³-hybridized carbons (Fsp3) is 0.188. The number of anilines is 2. The molecule has 0 fully saturated rings. The number of para-hydroxylation sites is 1. The molecule has 0 aliphatic rings. The lowest BCUT2D eigenvalue weighted by molar-refractivity contribution is 0.102. The molecule has 128 valence electrons. The SMILES string of the molecule is COc1ccc(N(C)S(C)(=O)=O)cc1C(=O)Nc1ccccc1Cl. The number of halogens is 1. The zero-order valence-corrected chi connectivity index (χ0v) is 15.0. The molecule has 0 radical (unpaired) electrons. The lowest BCUT2D eigenvalue weighted by Gasteiger charge is -2.18. The maximum absolute atomic E-state index is 12.6. The Hall–Kier alpha value is -2.25. The molecule has 1 amide bonds. The Morgan fingerprint density at radius 3 is 2.46 bits per heavy atom. The van der Waals surface area contributed by atoms with Crippen LogP contribution >= 0.6 is 11.6 Å². The Labute approximate surface area is 146 Å². The van der Waals surface area contributed by atoms with Crippen molar-refractivity contribution in [2.24, 2.45) is 0 Å². The summed E-state index contributed by atoms with van der Waals surface area (Å²) in [6, 6.07) is 11.4. The van der Waals surface area contributed by atoms with E-state index in [-0.39, 0.29) is 5.56 Å². The minimum absolute atomic E-state index is 0.199. The third kappa shape index (κ3) is 3.98. The van der Waals surface area contributed by atoms with Crippen molar-refractivity contribution in [3.63, 3.8) is 0 Å². The molecule has 0 spiro atoms. The average molecular weight is 369 g/mol. The first-order valence-electron chi connectivity index (χ1n) is 6.92. The summed E-state index contributed by atoms with van der Waals surface area (Å²) in [7, 11) is -0.602. The maximum atomic E-state index is 12.6. The molecule has 2 aromatic rings. The number of nitrogens with zero attached hydrogens (tertiary/aromatic N) is 1. The quantitative estimate of drug-likeness (QED) is 0.880. The first-order chi connectivity index (χ1) is 11.2. The molecule has 0 saturated carbocycles. The highest BCUT2D eigenvalue weighted by Crippen LogP contribution is 2.28. The molecule has 0 aromatic heterocycles. The molecule has 0 aliphatic heterocycles. The van der Waals surface area contributed by atoms with Crippen molar-refractivity contribution in [3.05, 3.63) is 53.1 Å². The molecule has 0 saturated heterocycles. The van der Waals surface area contributed by atoms with Crippen LogP contribution in [0.2, 0.25) is 5.02 Å². The van der Waals surface area contributed by atoms with Crippen LogP contribution in [0, 0.1) is 0 Å². The Kier molecular flexibility index (Phi) is 5.36. The Balaban J connectivity index is 2.40. The monoisotopic (exact) mass is 368 g/mol. The summed E-state index contributed by atoms with van der Waals surface area (Å²) in [4.78, 5) is 12.6. The first kappa shape index (κ1) is 18.1. The van der Waals surface area contributed by atoms with Gasteiger partial charge in [-0.05, 0) is 30.3 Å². The number of carbonyl (C=O) groups is 1. The molecule has 0 unspecified atom stereocenters. The van der Waals surface area contributed by atoms with Crippen molar-refractivity contribution in [2.45, 2.75) is 0 Å². The van der Waals surface area contributed by atoms with Crippen LogP contribution in [-0.2, 0) is 10.0 Å². The number of ether oxygens (including phenoxy) is 1. The topological polar surface area (TPSA) is 75.7 Å². The average Bonchev–Trinajstić information content (AvgIpc) is 2.54. The van der Waals surface area contributed by atoms with E-state index >= 15 is 0 Å². The third-order valence-electron chi connectivity index (χ3n) is 3.41. The first-order valence-corrected chi connectivity index (χ1v) is 9.14. The molecule has 2 rings (SSSR count). The maximum Gasteiger partial charge on any atom is 0.259 e. The number of amides is 1. The molecule has 0 heterocycles. The van der Waals surface area contributed by atoms with Gasteiger partial charge in [0.1, 0.15) is 5.75 Å². The number of sulfonamides is 1. The summed E-state index contributed by atoms with van der Waals surface area (Å²) in [6.45, 7) is 0. The molecule has 2 aromatic carbocycles. The lowest BCUT2D eigenvalue weighted by atomic mass is 10.1. The van der Waals surface area contributed by atoms with Crippen molar-refractivity contribution >= 4 is 38.9 Å². The smallest absolute Gasteiger partial charge is 0.259 e. The number of carbonyl (C=O) groups excluding carboxylic acids is 1. The van der Waals surface area contributed by atoms with Gasteiger partial charge in [-0.25, -0.2) is 8.42 Å². The van der Waals surface area contributed by atoms with E-state index in [0.717, 1.165) is 10.6 Å². The van der Waals surface area contributed by atoms with Gasteiger partial charge in [-0.2, -0.15) is 0 Å². The van der Waals surface area contributed by atoms with Gasteiger partial charge in [0.15, 0.2) is 0 Å². The van der Waals surface area contributed by atoms with Crippen molar-refractivity contribution in [2.75, 3.05) is 30.0 Å². The fourth-order valence-corrected chi connectivity index (χ4v) is 2.69. The van der Waals surface area contributed by atoms with E-state index in [4.69, 9.17) is 16.3 Å². The molecule has 1 N–H and O–H groups in total. The van der Waals surface area contributed by atoms with E-state index < -0.39 is 15.9 Å². The molecular weight excluding hydrogens is 352 g/mol. The van der Waals surface area contributed by atoms with Gasteiger partial charge in [0.25, 0.3) is 5.91 Å². The van der Waals surface area contributed by atoms with Crippen LogP contribution < -0.4 is 14.4 Å². The van der Waals surface area contributed by atoms with Crippen molar-refractivity contribution in [1.82, 2.24) is 0 Å². The predicted molar refractivity (Wildman–Crippen MR) is 95.6 cm³/mol. The Morgan fingerprint density at radius 1 is 1.21 bits per heavy atom. The van der Waals surface area contributed by atoms with E-state index in [2.05, 4.69) is 5.32 Å². The number of nitrogens with one attached hydrogen (secondary N) is 1. The summed E-state index contributed by atoms with van der Waals surface area (Å²) < 4.78 is 29.6. The van der Waals surface area contributed by atoms with E-state index in [0.29, 0.717) is 22.1 Å². The predicted octanol–water partition coefficient (Wildman–Crippen LogP) is 3.00. The zero-order valence-electron chi connectivity index (χ0n) is 13.4. The van der Waals surface area contributed by atoms with Crippen LogP contribution in [0.5, 0.6) is 5.75 Å². The van der Waals surface area contributed by atoms with Gasteiger partial charge in [0.2, 0.25) is 10.0 Å². The Morgan fingerprint density at radius 2 is 1.88 bits per heavy atom. The van der Waals surface area contributed by atoms with Gasteiger partial charge in [-0.3, -0.25) is 9.10 Å². The summed E-state index contributed by atoms with van der Waals surface area (Å²) in [5, 5.41) is 3.08. The number of hydrogen-bond acceptors (Lipinski definition) is 4. The van der Waals surface area contributed by atoms with Crippen LogP contribution in [0.1, 0.15) is 10.4 Å². The van der Waals surface area contributed by atoms with Crippen LogP contribution in [0.15, 0.2) is 42.5 Å².